The van der Waals surface area contributed by atoms with Crippen LogP contribution in [0.4, 0.5) is 0 Å². The van der Waals surface area contributed by atoms with Crippen LogP contribution < -0.4 is 4.74 Å². The number of ether oxygens (including phenoxy) is 1. The molecule has 31 heavy (non-hydrogen) atoms. The van der Waals surface area contributed by atoms with Gasteiger partial charge in [-0.25, -0.2) is 0 Å². The maximum atomic E-state index is 12.8. The molecule has 0 aliphatic rings. The Hall–Kier alpha value is -2.72. The van der Waals surface area contributed by atoms with E-state index in [4.69, 9.17) is 4.74 Å². The van der Waals surface area contributed by atoms with Gasteiger partial charge in [-0.05, 0) is 55.0 Å². The van der Waals surface area contributed by atoms with E-state index >= 15 is 0 Å². The summed E-state index contributed by atoms with van der Waals surface area (Å²) in [6.45, 7) is 2.84. The highest BCUT2D eigenvalue weighted by Crippen LogP contribution is 2.29. The molecule has 0 radical (unpaired) electrons. The van der Waals surface area contributed by atoms with Gasteiger partial charge in [-0.1, -0.05) is 69.0 Å². The molecule has 0 heterocycles. The third-order valence-electron chi connectivity index (χ3n) is 5.08. The van der Waals surface area contributed by atoms with Gasteiger partial charge in [0, 0.05) is 21.4 Å². The van der Waals surface area contributed by atoms with Crippen LogP contribution >= 0.6 is 11.8 Å². The minimum atomic E-state index is -0.198. The fourth-order valence-electron chi connectivity index (χ4n) is 3.32. The number of unbranched alkanes of at least 4 members (excludes halogenated alkanes) is 5. The van der Waals surface area contributed by atoms with Crippen LogP contribution in [0.1, 0.15) is 61.4 Å². The second-order valence-corrected chi connectivity index (χ2v) is 8.71. The molecule has 0 aromatic heterocycles. The summed E-state index contributed by atoms with van der Waals surface area (Å²) in [6.07, 6.45) is 7.20. The van der Waals surface area contributed by atoms with Crippen molar-refractivity contribution in [2.45, 2.75) is 55.2 Å². The Bertz CT molecular complexity index is 952. The Morgan fingerprint density at radius 1 is 0.839 bits per heavy atom. The van der Waals surface area contributed by atoms with Crippen LogP contribution in [0.5, 0.6) is 11.5 Å². The number of hydrogen-bond donors (Lipinski definition) is 1. The highest BCUT2D eigenvalue weighted by atomic mass is 32.2. The Morgan fingerprint density at radius 3 is 2.23 bits per heavy atom. The van der Waals surface area contributed by atoms with Crippen molar-refractivity contribution >= 4 is 17.5 Å². The van der Waals surface area contributed by atoms with Crippen molar-refractivity contribution < 1.29 is 14.6 Å². The molecule has 0 saturated heterocycles. The molecule has 3 nitrogen and oxygen atoms in total. The predicted octanol–water partition coefficient (Wildman–Crippen LogP) is 7.51. The fourth-order valence-corrected chi connectivity index (χ4v) is 4.16. The normalized spacial score (nSPS) is 10.7. The van der Waals surface area contributed by atoms with Gasteiger partial charge in [0.15, 0.2) is 5.78 Å². The topological polar surface area (TPSA) is 46.5 Å². The summed E-state index contributed by atoms with van der Waals surface area (Å²) in [5.74, 6) is 0.349. The van der Waals surface area contributed by atoms with Gasteiger partial charge in [-0.15, -0.1) is 0 Å². The first-order valence-corrected chi connectivity index (χ1v) is 11.8. The monoisotopic (exact) mass is 434 g/mol. The minimum Gasteiger partial charge on any atom is -0.507 e. The lowest BCUT2D eigenvalue weighted by molar-refractivity contribution is 0.103. The molecule has 162 valence electrons. The largest absolute Gasteiger partial charge is 0.507 e. The Morgan fingerprint density at radius 2 is 1.52 bits per heavy atom. The number of phenols is 1. The van der Waals surface area contributed by atoms with Crippen LogP contribution in [0.25, 0.3) is 0 Å². The third-order valence-corrected chi connectivity index (χ3v) is 6.09. The summed E-state index contributed by atoms with van der Waals surface area (Å²) in [5.41, 5.74) is 0.837. The van der Waals surface area contributed by atoms with Crippen LogP contribution in [0.3, 0.4) is 0 Å². The minimum absolute atomic E-state index is 0.0480. The van der Waals surface area contributed by atoms with Gasteiger partial charge < -0.3 is 9.84 Å². The van der Waals surface area contributed by atoms with Crippen LogP contribution in [-0.4, -0.2) is 17.5 Å². The Labute approximate surface area is 189 Å². The average molecular weight is 435 g/mol. The van der Waals surface area contributed by atoms with Crippen LogP contribution in [-0.2, 0) is 0 Å². The smallest absolute Gasteiger partial charge is 0.196 e. The van der Waals surface area contributed by atoms with Gasteiger partial charge in [-0.3, -0.25) is 4.79 Å². The first-order chi connectivity index (χ1) is 15.2. The molecule has 3 rings (SSSR count). The SMILES string of the molecule is CCCCCCCCOc1ccc(C(=O)c2ccc(Sc3ccccc3)cc2)c(O)c1. The summed E-state index contributed by atoms with van der Waals surface area (Å²) < 4.78 is 5.73. The van der Waals surface area contributed by atoms with Crippen LogP contribution in [0.2, 0.25) is 0 Å². The summed E-state index contributed by atoms with van der Waals surface area (Å²) in [5, 5.41) is 10.4. The highest BCUT2D eigenvalue weighted by Gasteiger charge is 2.14. The van der Waals surface area contributed by atoms with E-state index in [2.05, 4.69) is 19.1 Å². The summed E-state index contributed by atoms with van der Waals surface area (Å²) in [6, 6.07) is 22.5. The maximum absolute atomic E-state index is 12.8. The molecule has 3 aromatic carbocycles. The number of benzene rings is 3. The van der Waals surface area contributed by atoms with Gasteiger partial charge >= 0.3 is 0 Å². The highest BCUT2D eigenvalue weighted by molar-refractivity contribution is 7.99. The van der Waals surface area contributed by atoms with Crippen LogP contribution in [0, 0.1) is 0 Å². The van der Waals surface area contributed by atoms with E-state index in [-0.39, 0.29) is 17.1 Å². The first-order valence-electron chi connectivity index (χ1n) is 11.0. The summed E-state index contributed by atoms with van der Waals surface area (Å²) in [4.78, 5) is 15.0. The molecule has 0 fully saturated rings. The molecule has 0 spiro atoms. The Kier molecular flexibility index (Phi) is 9.04. The molecule has 0 aliphatic heterocycles. The van der Waals surface area contributed by atoms with E-state index in [1.165, 1.54) is 31.7 Å². The standard InChI is InChI=1S/C27H30O3S/c1-2-3-4-5-6-10-19-30-22-15-18-25(26(28)20-22)27(29)21-13-16-24(17-14-21)31-23-11-8-7-9-12-23/h7-9,11-18,20,28H,2-6,10,19H2,1H3. The molecule has 0 aliphatic carbocycles. The van der Waals surface area contributed by atoms with E-state index in [1.54, 1.807) is 36.0 Å². The zero-order valence-electron chi connectivity index (χ0n) is 18.0. The van der Waals surface area contributed by atoms with E-state index in [0.717, 1.165) is 22.6 Å². The molecule has 4 heteroatoms. The van der Waals surface area contributed by atoms with Crippen molar-refractivity contribution in [3.63, 3.8) is 0 Å². The van der Waals surface area contributed by atoms with E-state index in [1.807, 2.05) is 30.3 Å². The molecule has 0 amide bonds. The first kappa shape index (κ1) is 23.0. The lowest BCUT2D eigenvalue weighted by atomic mass is 10.0. The lowest BCUT2D eigenvalue weighted by Crippen LogP contribution is -2.03. The van der Waals surface area contributed by atoms with E-state index < -0.39 is 0 Å². The van der Waals surface area contributed by atoms with Crippen molar-refractivity contribution in [2.75, 3.05) is 6.61 Å². The molecule has 0 atom stereocenters. The number of phenolic OH excluding ortho intramolecular Hbond substituents is 1. The predicted molar refractivity (Wildman–Crippen MR) is 127 cm³/mol. The van der Waals surface area contributed by atoms with Gasteiger partial charge in [-0.2, -0.15) is 0 Å². The quantitative estimate of drug-likeness (QED) is 0.237. The van der Waals surface area contributed by atoms with Crippen molar-refractivity contribution in [2.24, 2.45) is 0 Å². The van der Waals surface area contributed by atoms with E-state index in [9.17, 15) is 9.90 Å². The van der Waals surface area contributed by atoms with Gasteiger partial charge in [0.2, 0.25) is 0 Å². The van der Waals surface area contributed by atoms with Gasteiger partial charge in [0.05, 0.1) is 12.2 Å². The third kappa shape index (κ3) is 7.18. The summed E-state index contributed by atoms with van der Waals surface area (Å²) >= 11 is 1.65. The molecule has 0 bridgehead atoms. The number of rotatable bonds is 12. The second kappa shape index (κ2) is 12.2. The number of aromatic hydroxyl groups is 1. The van der Waals surface area contributed by atoms with Crippen molar-refractivity contribution in [1.82, 2.24) is 0 Å². The van der Waals surface area contributed by atoms with Crippen LogP contribution in [0.15, 0.2) is 82.6 Å². The number of carbonyl (C=O) groups excluding carboxylic acids is 1. The van der Waals surface area contributed by atoms with Gasteiger partial charge in [0.1, 0.15) is 11.5 Å². The molecule has 1 N–H and O–H groups in total. The number of carbonyl (C=O) groups is 1. The zero-order valence-corrected chi connectivity index (χ0v) is 18.9. The maximum Gasteiger partial charge on any atom is 0.196 e. The average Bonchev–Trinajstić information content (AvgIpc) is 2.79. The second-order valence-electron chi connectivity index (χ2n) is 7.56. The molecule has 0 saturated carbocycles. The number of ketones is 1. The van der Waals surface area contributed by atoms with Crippen molar-refractivity contribution in [3.8, 4) is 11.5 Å². The molecule has 0 unspecified atom stereocenters. The van der Waals surface area contributed by atoms with E-state index in [0.29, 0.717) is 17.9 Å². The summed E-state index contributed by atoms with van der Waals surface area (Å²) in [7, 11) is 0. The zero-order chi connectivity index (χ0) is 21.9. The molecular weight excluding hydrogens is 404 g/mol. The lowest BCUT2D eigenvalue weighted by Gasteiger charge is -2.09. The molecule has 3 aromatic rings. The van der Waals surface area contributed by atoms with Crippen molar-refractivity contribution in [3.05, 3.63) is 83.9 Å². The van der Waals surface area contributed by atoms with Crippen molar-refractivity contribution in [1.29, 1.82) is 0 Å². The van der Waals surface area contributed by atoms with Gasteiger partial charge in [0.25, 0.3) is 0 Å². The Balaban J connectivity index is 1.54. The molecular formula is C27H30O3S. The fraction of sp³-hybridized carbons (Fsp3) is 0.296. The number of hydrogen-bond acceptors (Lipinski definition) is 4.